The molecule has 0 amide bonds. The summed E-state index contributed by atoms with van der Waals surface area (Å²) in [4.78, 5) is 4.82. The third-order valence-electron chi connectivity index (χ3n) is 8.28. The molecule has 7 heteroatoms. The molecule has 0 bridgehead atoms. The molecular formula is C36H50F2N4O. The maximum Gasteiger partial charge on any atom is 0.139 e. The first-order valence-corrected chi connectivity index (χ1v) is 15.4. The number of nitrogens with one attached hydrogen (secondary N) is 2. The molecule has 4 rings (SSSR count). The van der Waals surface area contributed by atoms with Gasteiger partial charge in [-0.15, -0.1) is 0 Å². The quantitative estimate of drug-likeness (QED) is 0.226. The van der Waals surface area contributed by atoms with Crippen LogP contribution in [0.4, 0.5) is 8.78 Å². The Morgan fingerprint density at radius 3 is 2.44 bits per heavy atom. The first-order valence-electron chi connectivity index (χ1n) is 15.4. The third kappa shape index (κ3) is 7.44. The number of nitrogens with zero attached hydrogens (tertiary/aromatic N) is 1. The minimum atomic E-state index is -0.569. The normalized spacial score (nSPS) is 16.4. The Kier molecular flexibility index (Phi) is 11.9. The highest BCUT2D eigenvalue weighted by Crippen LogP contribution is 2.54. The van der Waals surface area contributed by atoms with Crippen LogP contribution in [0.1, 0.15) is 93.7 Å². The number of nitrogens with two attached hydrogens (primary N) is 1. The lowest BCUT2D eigenvalue weighted by atomic mass is 9.95. The molecule has 1 heterocycles. The van der Waals surface area contributed by atoms with Crippen LogP contribution >= 0.6 is 0 Å². The molecule has 0 aliphatic heterocycles. The van der Waals surface area contributed by atoms with Gasteiger partial charge in [0.1, 0.15) is 17.4 Å². The maximum atomic E-state index is 15.3. The van der Waals surface area contributed by atoms with E-state index in [2.05, 4.69) is 50.1 Å². The average Bonchev–Trinajstić information content (AvgIpc) is 3.59. The van der Waals surface area contributed by atoms with Crippen LogP contribution in [-0.2, 0) is 5.41 Å². The van der Waals surface area contributed by atoms with Crippen molar-refractivity contribution in [3.8, 4) is 17.0 Å². The Morgan fingerprint density at radius 1 is 1.14 bits per heavy atom. The zero-order valence-corrected chi connectivity index (χ0v) is 27.3. The first kappa shape index (κ1) is 34.2. The van der Waals surface area contributed by atoms with Gasteiger partial charge in [0, 0.05) is 53.3 Å². The predicted molar refractivity (Wildman–Crippen MR) is 176 cm³/mol. The summed E-state index contributed by atoms with van der Waals surface area (Å²) in [6.07, 6.45) is 5.09. The monoisotopic (exact) mass is 592 g/mol. The topological polar surface area (TPSA) is 72.2 Å². The zero-order chi connectivity index (χ0) is 31.9. The van der Waals surface area contributed by atoms with Gasteiger partial charge >= 0.3 is 0 Å². The number of halogens is 2. The number of hydrogen-bond acceptors (Lipinski definition) is 5. The summed E-state index contributed by atoms with van der Waals surface area (Å²) in [7, 11) is 3.58. The number of fused-ring (bicyclic) bond motifs is 1. The molecule has 2 atom stereocenters. The van der Waals surface area contributed by atoms with E-state index >= 15 is 4.39 Å². The molecule has 4 N–H and O–H groups in total. The lowest BCUT2D eigenvalue weighted by molar-refractivity contribution is 0.410. The zero-order valence-electron chi connectivity index (χ0n) is 27.3. The van der Waals surface area contributed by atoms with Crippen LogP contribution < -0.4 is 31.5 Å². The van der Waals surface area contributed by atoms with E-state index in [1.165, 1.54) is 17.7 Å². The molecule has 0 saturated carbocycles. The van der Waals surface area contributed by atoms with E-state index in [-0.39, 0.29) is 22.8 Å². The van der Waals surface area contributed by atoms with Crippen molar-refractivity contribution < 1.29 is 13.5 Å². The standard InChI is InChI=1S/C23H31F2N3.C13H19NO/c1-6-7-14(11-27-5)18-10-16-20(23(16,4)12-26)22(28-18)19-17(24)9-8-15(13(2)3)21(19)25;1-5-6-14-9-12-7-10(2)8-13(15-4)11(12)3/h8-10,13-14,27H,6-7,11-12,26H2,1-5H3;7-9,14H,3,5-6H2,1-2,4H3/b;12-9-. The lowest BCUT2D eigenvalue weighted by Gasteiger charge is -2.17. The molecule has 3 aromatic rings. The smallest absolute Gasteiger partial charge is 0.139 e. The van der Waals surface area contributed by atoms with Crippen LogP contribution in [-0.4, -0.2) is 38.8 Å². The minimum Gasteiger partial charge on any atom is -0.496 e. The van der Waals surface area contributed by atoms with Crippen LogP contribution in [0.3, 0.4) is 0 Å². The summed E-state index contributed by atoms with van der Waals surface area (Å²) < 4.78 is 35.4. The summed E-state index contributed by atoms with van der Waals surface area (Å²) in [6, 6.07) is 9.08. The third-order valence-corrected chi connectivity index (χ3v) is 8.28. The average molecular weight is 593 g/mol. The molecule has 0 fully saturated rings. The Hall–Kier alpha value is -3.29. The fraction of sp³-hybridized carbons (Fsp3) is 0.472. The number of methoxy groups -OCH3 is 1. The predicted octanol–water partition coefficient (Wildman–Crippen LogP) is 5.98. The summed E-state index contributed by atoms with van der Waals surface area (Å²) in [6.45, 7) is 18.3. The van der Waals surface area contributed by atoms with Crippen molar-refractivity contribution in [1.29, 1.82) is 0 Å². The maximum absolute atomic E-state index is 15.3. The van der Waals surface area contributed by atoms with Crippen molar-refractivity contribution >= 4 is 12.8 Å². The fourth-order valence-corrected chi connectivity index (χ4v) is 5.66. The number of pyridine rings is 1. The molecule has 43 heavy (non-hydrogen) atoms. The van der Waals surface area contributed by atoms with Gasteiger partial charge in [-0.25, -0.2) is 8.78 Å². The van der Waals surface area contributed by atoms with E-state index in [9.17, 15) is 4.39 Å². The summed E-state index contributed by atoms with van der Waals surface area (Å²) in [5.41, 5.74) is 10.6. The number of hydrogen-bond donors (Lipinski definition) is 3. The van der Waals surface area contributed by atoms with E-state index in [1.807, 2.05) is 40.1 Å². The highest BCUT2D eigenvalue weighted by molar-refractivity contribution is 5.78. The SMILES string of the molecule is C=c1c(OC)cc(C)c/c1=C/NCCC.CCCC(CNC)c1cc2c(c(-c3c(F)ccc(C(C)C)c3F)n1)C2(C)CN. The van der Waals surface area contributed by atoms with Crippen LogP contribution in [0.2, 0.25) is 0 Å². The van der Waals surface area contributed by atoms with Gasteiger partial charge in [-0.1, -0.05) is 53.7 Å². The number of rotatable bonds is 12. The highest BCUT2D eigenvalue weighted by Gasteiger charge is 2.49. The van der Waals surface area contributed by atoms with E-state index in [0.717, 1.165) is 65.4 Å². The number of ether oxygens (including phenoxy) is 1. The molecule has 0 radical (unpaired) electrons. The van der Waals surface area contributed by atoms with Crippen molar-refractivity contribution in [3.05, 3.63) is 80.4 Å². The van der Waals surface area contributed by atoms with Crippen molar-refractivity contribution in [2.24, 2.45) is 5.73 Å². The van der Waals surface area contributed by atoms with Crippen LogP contribution in [0.5, 0.6) is 5.75 Å². The number of benzene rings is 2. The molecule has 1 aliphatic carbocycles. The molecule has 2 unspecified atom stereocenters. The van der Waals surface area contributed by atoms with E-state index in [4.69, 9.17) is 15.5 Å². The minimum absolute atomic E-state index is 0.0128. The van der Waals surface area contributed by atoms with Gasteiger partial charge in [0.25, 0.3) is 0 Å². The Labute approximate surface area is 256 Å². The molecule has 0 saturated heterocycles. The number of aryl methyl sites for hydroxylation is 1. The van der Waals surface area contributed by atoms with Gasteiger partial charge < -0.3 is 21.1 Å². The van der Waals surface area contributed by atoms with Crippen molar-refractivity contribution in [1.82, 2.24) is 15.6 Å². The van der Waals surface area contributed by atoms with Gasteiger partial charge in [0.05, 0.1) is 18.4 Å². The van der Waals surface area contributed by atoms with Crippen molar-refractivity contribution in [2.75, 3.05) is 33.8 Å². The second-order valence-electron chi connectivity index (χ2n) is 12.0. The second kappa shape index (κ2) is 14.9. The van der Waals surface area contributed by atoms with E-state index in [0.29, 0.717) is 17.8 Å². The largest absolute Gasteiger partial charge is 0.496 e. The first-order chi connectivity index (χ1) is 20.5. The lowest BCUT2D eigenvalue weighted by Crippen LogP contribution is -2.28. The van der Waals surface area contributed by atoms with Gasteiger partial charge in [0.2, 0.25) is 0 Å². The molecule has 1 aromatic heterocycles. The Balaban J connectivity index is 0.000000285. The Bertz CT molecular complexity index is 1510. The summed E-state index contributed by atoms with van der Waals surface area (Å²) in [5.74, 6) is -0.0701. The summed E-state index contributed by atoms with van der Waals surface area (Å²) >= 11 is 0. The van der Waals surface area contributed by atoms with Gasteiger partial charge in [-0.05, 0) is 79.3 Å². The Morgan fingerprint density at radius 2 is 1.86 bits per heavy atom. The number of likely N-dealkylation sites (N-methyl/N-ethyl adjacent to an activating group) is 1. The molecule has 1 aliphatic rings. The van der Waals surface area contributed by atoms with Crippen LogP contribution in [0, 0.1) is 18.6 Å². The fourth-order valence-electron chi connectivity index (χ4n) is 5.66. The summed E-state index contributed by atoms with van der Waals surface area (Å²) in [5, 5.41) is 8.50. The molecular weight excluding hydrogens is 542 g/mol. The van der Waals surface area contributed by atoms with Crippen molar-refractivity contribution in [3.63, 3.8) is 0 Å². The molecule has 5 nitrogen and oxygen atoms in total. The van der Waals surface area contributed by atoms with Gasteiger partial charge in [-0.2, -0.15) is 0 Å². The van der Waals surface area contributed by atoms with E-state index < -0.39 is 11.6 Å². The highest BCUT2D eigenvalue weighted by atomic mass is 19.1. The van der Waals surface area contributed by atoms with Crippen molar-refractivity contribution in [2.45, 2.75) is 78.1 Å². The van der Waals surface area contributed by atoms with Crippen LogP contribution in [0.25, 0.3) is 24.0 Å². The second-order valence-corrected chi connectivity index (χ2v) is 12.0. The number of aromatic nitrogens is 1. The van der Waals surface area contributed by atoms with Gasteiger partial charge in [-0.3, -0.25) is 4.98 Å². The van der Waals surface area contributed by atoms with Gasteiger partial charge in [0.15, 0.2) is 0 Å². The van der Waals surface area contributed by atoms with E-state index in [1.54, 1.807) is 7.11 Å². The molecule has 0 spiro atoms. The van der Waals surface area contributed by atoms with Crippen LogP contribution in [0.15, 0.2) is 30.3 Å². The molecule has 234 valence electrons. The molecule has 2 aromatic carbocycles.